The summed E-state index contributed by atoms with van der Waals surface area (Å²) in [4.78, 5) is 23.7. The average molecular weight is 487 g/mol. The summed E-state index contributed by atoms with van der Waals surface area (Å²) in [5.74, 6) is -2.76. The molecule has 0 saturated heterocycles. The third-order valence-electron chi connectivity index (χ3n) is 5.53. The maximum atomic E-state index is 14.3. The smallest absolute Gasteiger partial charge is 0.242 e. The zero-order valence-corrected chi connectivity index (χ0v) is 20.9. The van der Waals surface area contributed by atoms with Crippen molar-refractivity contribution in [3.63, 3.8) is 0 Å². The summed E-state index contributed by atoms with van der Waals surface area (Å²) in [5.41, 5.74) is -0.488. The molecule has 1 unspecified atom stereocenters. The van der Waals surface area contributed by atoms with Gasteiger partial charge in [0.2, 0.25) is 11.8 Å². The normalized spacial score (nSPS) is 12.4. The van der Waals surface area contributed by atoms with Crippen LogP contribution in [-0.4, -0.2) is 36.3 Å². The average Bonchev–Trinajstić information content (AvgIpc) is 2.73. The second-order valence-corrected chi connectivity index (χ2v) is 10.8. The van der Waals surface area contributed by atoms with E-state index in [1.807, 2.05) is 0 Å². The number of anilines is 2. The van der Waals surface area contributed by atoms with E-state index in [0.717, 1.165) is 37.8 Å². The molecule has 0 heterocycles. The molecule has 0 aliphatic carbocycles. The first kappa shape index (κ1) is 28.9. The van der Waals surface area contributed by atoms with Gasteiger partial charge in [-0.1, -0.05) is 71.6 Å². The number of halogens is 1. The highest BCUT2D eigenvalue weighted by Crippen LogP contribution is 2.30. The lowest BCUT2D eigenvalue weighted by Crippen LogP contribution is -2.36. The number of hydrogen-bond acceptors (Lipinski definition) is 5. The minimum absolute atomic E-state index is 0.0590. The molecule has 9 heteroatoms. The van der Waals surface area contributed by atoms with Crippen molar-refractivity contribution >= 4 is 33.0 Å². The van der Waals surface area contributed by atoms with Crippen LogP contribution in [0.25, 0.3) is 0 Å². The summed E-state index contributed by atoms with van der Waals surface area (Å²) < 4.78 is 39.7. The van der Waals surface area contributed by atoms with Gasteiger partial charge in [0.15, 0.2) is 9.84 Å². The second-order valence-electron chi connectivity index (χ2n) is 8.47. The largest absolute Gasteiger partial charge is 0.506 e. The molecule has 188 valence electrons. The summed E-state index contributed by atoms with van der Waals surface area (Å²) in [6.45, 7) is 4.99. The number of carbonyl (C=O) groups excluding carboxylic acids is 2. The van der Waals surface area contributed by atoms with Crippen molar-refractivity contribution in [1.29, 1.82) is 0 Å². The highest BCUT2D eigenvalue weighted by molar-refractivity contribution is 7.92. The summed E-state index contributed by atoms with van der Waals surface area (Å²) in [6.07, 6.45) is 10.8. The number of carbonyl (C=O) groups is 2. The monoisotopic (exact) mass is 486 g/mol. The van der Waals surface area contributed by atoms with E-state index in [1.165, 1.54) is 39.0 Å². The van der Waals surface area contributed by atoms with Gasteiger partial charge in [-0.25, -0.2) is 12.8 Å². The molecule has 0 aliphatic rings. The van der Waals surface area contributed by atoms with Crippen molar-refractivity contribution in [1.82, 2.24) is 0 Å². The number of nitrogens with one attached hydrogen (secondary N) is 2. The van der Waals surface area contributed by atoms with Crippen molar-refractivity contribution in [2.45, 2.75) is 96.7 Å². The number of aromatic hydroxyl groups is 1. The Bertz CT molecular complexity index is 874. The molecule has 1 aromatic rings. The fourth-order valence-corrected chi connectivity index (χ4v) is 5.48. The second kappa shape index (κ2) is 14.9. The third-order valence-corrected chi connectivity index (χ3v) is 7.81. The first-order valence-corrected chi connectivity index (χ1v) is 13.7. The van der Waals surface area contributed by atoms with Gasteiger partial charge in [-0.15, -0.1) is 0 Å². The van der Waals surface area contributed by atoms with E-state index in [1.54, 1.807) is 6.92 Å². The molecule has 2 amide bonds. The quantitative estimate of drug-likeness (QED) is 0.210. The zero-order valence-electron chi connectivity index (χ0n) is 20.1. The van der Waals surface area contributed by atoms with Crippen molar-refractivity contribution in [3.05, 3.63) is 17.9 Å². The molecule has 3 N–H and O–H groups in total. The van der Waals surface area contributed by atoms with Crippen molar-refractivity contribution < 1.29 is 27.5 Å². The van der Waals surface area contributed by atoms with Crippen molar-refractivity contribution in [2.24, 2.45) is 0 Å². The fraction of sp³-hybridized carbons (Fsp3) is 0.667. The predicted molar refractivity (Wildman–Crippen MR) is 131 cm³/mol. The summed E-state index contributed by atoms with van der Waals surface area (Å²) >= 11 is 0. The highest BCUT2D eigenvalue weighted by atomic mass is 32.2. The minimum atomic E-state index is -3.70. The lowest BCUT2D eigenvalue weighted by atomic mass is 10.1. The molecule has 0 fully saturated rings. The number of benzene rings is 1. The first-order chi connectivity index (χ1) is 15.6. The maximum Gasteiger partial charge on any atom is 0.242 e. The van der Waals surface area contributed by atoms with E-state index in [9.17, 15) is 27.5 Å². The third kappa shape index (κ3) is 10.5. The van der Waals surface area contributed by atoms with Gasteiger partial charge >= 0.3 is 0 Å². The number of unbranched alkanes of at least 4 members (excludes halogenated alkanes) is 9. The molecule has 0 aliphatic heterocycles. The maximum absolute atomic E-state index is 14.3. The molecule has 1 atom stereocenters. The molecule has 0 aromatic heterocycles. The number of hydrogen-bond donors (Lipinski definition) is 3. The lowest BCUT2D eigenvalue weighted by molar-refractivity contribution is -0.116. The summed E-state index contributed by atoms with van der Waals surface area (Å²) in [7, 11) is -3.70. The molecule has 1 aromatic carbocycles. The number of phenolic OH excluding ortho intramolecular Hbond substituents is 1. The summed E-state index contributed by atoms with van der Waals surface area (Å²) in [6, 6.07) is 1.81. The molecule has 0 radical (unpaired) electrons. The summed E-state index contributed by atoms with van der Waals surface area (Å²) in [5, 5.41) is 13.2. The van der Waals surface area contributed by atoms with Crippen LogP contribution in [-0.2, 0) is 19.4 Å². The van der Waals surface area contributed by atoms with Crippen LogP contribution in [0.2, 0.25) is 0 Å². The fourth-order valence-electron chi connectivity index (χ4n) is 3.70. The molecular weight excluding hydrogens is 447 g/mol. The van der Waals surface area contributed by atoms with Crippen LogP contribution in [0.5, 0.6) is 5.75 Å². The van der Waals surface area contributed by atoms with Gasteiger partial charge in [0.05, 0.1) is 17.1 Å². The zero-order chi connectivity index (χ0) is 24.9. The molecule has 33 heavy (non-hydrogen) atoms. The molecule has 0 saturated carbocycles. The van der Waals surface area contributed by atoms with Crippen LogP contribution in [0.4, 0.5) is 15.8 Å². The topological polar surface area (TPSA) is 113 Å². The van der Waals surface area contributed by atoms with Gasteiger partial charge in [-0.3, -0.25) is 9.59 Å². The predicted octanol–water partition coefficient (Wildman–Crippen LogP) is 5.54. The highest BCUT2D eigenvalue weighted by Gasteiger charge is 2.31. The molecule has 0 spiro atoms. The van der Waals surface area contributed by atoms with Gasteiger partial charge in [0.1, 0.15) is 16.8 Å². The first-order valence-electron chi connectivity index (χ1n) is 11.9. The molecule has 0 bridgehead atoms. The Kier molecular flexibility index (Phi) is 13.0. The minimum Gasteiger partial charge on any atom is -0.506 e. The van der Waals surface area contributed by atoms with E-state index >= 15 is 0 Å². The van der Waals surface area contributed by atoms with Crippen LogP contribution < -0.4 is 10.6 Å². The van der Waals surface area contributed by atoms with E-state index in [-0.39, 0.29) is 23.5 Å². The Morgan fingerprint density at radius 1 is 0.909 bits per heavy atom. The number of phenols is 1. The molecular formula is C24H39FN2O5S. The van der Waals surface area contributed by atoms with E-state index in [0.29, 0.717) is 6.42 Å². The standard InChI is InChI=1S/C24H39FN2O5S/c1-4-6-7-8-9-10-11-12-13-14-15-33(31,32)23(5-2)24(30)27-20-17-22(29)21(16-19(20)25)26-18(3)28/h16-17,23,29H,4-15H2,1-3H3,(H,26,28)(H,27,30). The van der Waals surface area contributed by atoms with Crippen LogP contribution in [0, 0.1) is 5.82 Å². The van der Waals surface area contributed by atoms with Crippen molar-refractivity contribution in [2.75, 3.05) is 16.4 Å². The van der Waals surface area contributed by atoms with Gasteiger partial charge in [0.25, 0.3) is 0 Å². The van der Waals surface area contributed by atoms with Crippen LogP contribution in [0.15, 0.2) is 12.1 Å². The van der Waals surface area contributed by atoms with Gasteiger partial charge in [-0.05, 0) is 12.8 Å². The molecule has 7 nitrogen and oxygen atoms in total. The van der Waals surface area contributed by atoms with Crippen LogP contribution in [0.3, 0.4) is 0 Å². The van der Waals surface area contributed by atoms with E-state index < -0.39 is 38.5 Å². The number of rotatable bonds is 16. The Labute approximate surface area is 197 Å². The van der Waals surface area contributed by atoms with E-state index in [2.05, 4.69) is 17.6 Å². The Morgan fingerprint density at radius 2 is 1.45 bits per heavy atom. The SMILES string of the molecule is CCCCCCCCCCCCS(=O)(=O)C(CC)C(=O)Nc1cc(O)c(NC(C)=O)cc1F. The molecule has 1 rings (SSSR count). The van der Waals surface area contributed by atoms with Crippen molar-refractivity contribution in [3.8, 4) is 5.75 Å². The Morgan fingerprint density at radius 3 is 1.97 bits per heavy atom. The van der Waals surface area contributed by atoms with Gasteiger partial charge in [-0.2, -0.15) is 0 Å². The Balaban J connectivity index is 2.56. The van der Waals surface area contributed by atoms with Crippen LogP contribution >= 0.6 is 0 Å². The Hall–Kier alpha value is -2.16. The number of sulfone groups is 1. The van der Waals surface area contributed by atoms with Gasteiger partial charge < -0.3 is 15.7 Å². The van der Waals surface area contributed by atoms with Gasteiger partial charge in [0, 0.05) is 19.1 Å². The van der Waals surface area contributed by atoms with E-state index in [4.69, 9.17) is 0 Å². The lowest BCUT2D eigenvalue weighted by Gasteiger charge is -2.17. The van der Waals surface area contributed by atoms with Crippen LogP contribution in [0.1, 0.15) is 91.4 Å². The number of amides is 2.